The van der Waals surface area contributed by atoms with Gasteiger partial charge in [-0.25, -0.2) is 0 Å². The highest BCUT2D eigenvalue weighted by Gasteiger charge is 1.97. The Morgan fingerprint density at radius 1 is 0.900 bits per heavy atom. The fourth-order valence-corrected chi connectivity index (χ4v) is 0.881. The molecule has 0 unspecified atom stereocenters. The summed E-state index contributed by atoms with van der Waals surface area (Å²) in [5.74, 6) is 0. The van der Waals surface area contributed by atoms with E-state index in [2.05, 4.69) is 37.7 Å². The number of hydrogen-bond acceptors (Lipinski definition) is 2. The summed E-state index contributed by atoms with van der Waals surface area (Å²) in [5, 5.41) is 0. The van der Waals surface area contributed by atoms with Crippen LogP contribution in [0.4, 0.5) is 0 Å². The molecular weight excluding hydrogens is 124 g/mol. The van der Waals surface area contributed by atoms with Gasteiger partial charge in [-0.2, -0.15) is 0 Å². The SMILES string of the molecule is CCN(CC)CCN(C)C. The Hall–Kier alpha value is -0.0800. The topological polar surface area (TPSA) is 6.48 Å². The van der Waals surface area contributed by atoms with Crippen LogP contribution in [0.2, 0.25) is 0 Å². The molecule has 0 saturated carbocycles. The van der Waals surface area contributed by atoms with Gasteiger partial charge < -0.3 is 9.80 Å². The molecule has 0 spiro atoms. The molecule has 0 atom stereocenters. The second-order valence-corrected chi connectivity index (χ2v) is 2.83. The lowest BCUT2D eigenvalue weighted by atomic mass is 10.4. The summed E-state index contributed by atoms with van der Waals surface area (Å²) in [6, 6.07) is 0. The lowest BCUT2D eigenvalue weighted by Gasteiger charge is -2.20. The lowest BCUT2D eigenvalue weighted by Crippen LogP contribution is -2.31. The van der Waals surface area contributed by atoms with Crippen LogP contribution >= 0.6 is 0 Å². The molecule has 0 rings (SSSR count). The van der Waals surface area contributed by atoms with Crippen LogP contribution < -0.4 is 0 Å². The maximum atomic E-state index is 2.43. The fraction of sp³-hybridized carbons (Fsp3) is 1.00. The van der Waals surface area contributed by atoms with Gasteiger partial charge in [0.2, 0.25) is 0 Å². The van der Waals surface area contributed by atoms with Gasteiger partial charge in [-0.15, -0.1) is 0 Å². The zero-order valence-corrected chi connectivity index (χ0v) is 7.72. The van der Waals surface area contributed by atoms with Gasteiger partial charge in [0.25, 0.3) is 0 Å². The largest absolute Gasteiger partial charge is 0.308 e. The summed E-state index contributed by atoms with van der Waals surface area (Å²) in [5.41, 5.74) is 0. The third kappa shape index (κ3) is 4.77. The molecule has 2 heteroatoms. The molecule has 0 aromatic carbocycles. The van der Waals surface area contributed by atoms with E-state index in [1.807, 2.05) is 0 Å². The van der Waals surface area contributed by atoms with E-state index in [1.165, 1.54) is 26.2 Å². The number of hydrogen-bond donors (Lipinski definition) is 0. The molecule has 0 radical (unpaired) electrons. The molecule has 0 aliphatic carbocycles. The first-order valence-corrected chi connectivity index (χ1v) is 4.07. The first kappa shape index (κ1) is 9.92. The predicted octanol–water partition coefficient (Wildman–Crippen LogP) is 0.890. The average molecular weight is 144 g/mol. The van der Waals surface area contributed by atoms with Crippen molar-refractivity contribution in [1.29, 1.82) is 0 Å². The van der Waals surface area contributed by atoms with Crippen LogP contribution in [0.3, 0.4) is 0 Å². The molecule has 10 heavy (non-hydrogen) atoms. The smallest absolute Gasteiger partial charge is 0.0109 e. The van der Waals surface area contributed by atoms with Gasteiger partial charge in [0.05, 0.1) is 0 Å². The summed E-state index contributed by atoms with van der Waals surface area (Å²) < 4.78 is 0. The molecule has 62 valence electrons. The van der Waals surface area contributed by atoms with Crippen LogP contribution in [0.15, 0.2) is 0 Å². The van der Waals surface area contributed by atoms with Crippen molar-refractivity contribution in [1.82, 2.24) is 9.80 Å². The van der Waals surface area contributed by atoms with Crippen molar-refractivity contribution in [2.24, 2.45) is 0 Å². The molecular formula is C8H20N2. The minimum Gasteiger partial charge on any atom is -0.308 e. The van der Waals surface area contributed by atoms with E-state index in [-0.39, 0.29) is 0 Å². The van der Waals surface area contributed by atoms with Gasteiger partial charge in [0.15, 0.2) is 0 Å². The Morgan fingerprint density at radius 3 is 1.70 bits per heavy atom. The third-order valence-electron chi connectivity index (χ3n) is 1.76. The van der Waals surface area contributed by atoms with Crippen LogP contribution in [0.5, 0.6) is 0 Å². The van der Waals surface area contributed by atoms with Crippen molar-refractivity contribution >= 4 is 0 Å². The summed E-state index contributed by atoms with van der Waals surface area (Å²) in [6.45, 7) is 9.12. The van der Waals surface area contributed by atoms with E-state index in [4.69, 9.17) is 0 Å². The summed E-state index contributed by atoms with van der Waals surface area (Å²) in [4.78, 5) is 4.65. The lowest BCUT2D eigenvalue weighted by molar-refractivity contribution is 0.261. The van der Waals surface area contributed by atoms with Crippen LogP contribution in [0.25, 0.3) is 0 Å². The van der Waals surface area contributed by atoms with Crippen molar-refractivity contribution in [3.05, 3.63) is 0 Å². The molecule has 0 fully saturated rings. The van der Waals surface area contributed by atoms with Gasteiger partial charge >= 0.3 is 0 Å². The first-order chi connectivity index (χ1) is 4.70. The molecule has 2 nitrogen and oxygen atoms in total. The zero-order valence-electron chi connectivity index (χ0n) is 7.72. The molecule has 0 aromatic rings. The Morgan fingerprint density at radius 2 is 1.40 bits per heavy atom. The molecule has 0 saturated heterocycles. The van der Waals surface area contributed by atoms with Crippen LogP contribution in [0.1, 0.15) is 13.8 Å². The maximum absolute atomic E-state index is 2.43. The molecule has 0 aliphatic rings. The zero-order chi connectivity index (χ0) is 7.98. The Balaban J connectivity index is 3.26. The highest BCUT2D eigenvalue weighted by Crippen LogP contribution is 1.86. The van der Waals surface area contributed by atoms with Gasteiger partial charge in [-0.05, 0) is 27.2 Å². The van der Waals surface area contributed by atoms with E-state index in [0.29, 0.717) is 0 Å². The van der Waals surface area contributed by atoms with Gasteiger partial charge in [-0.3, -0.25) is 0 Å². The Labute approximate surface area is 64.8 Å². The highest BCUT2D eigenvalue weighted by molar-refractivity contribution is 4.53. The van der Waals surface area contributed by atoms with Crippen LogP contribution in [-0.4, -0.2) is 50.1 Å². The van der Waals surface area contributed by atoms with E-state index >= 15 is 0 Å². The Kier molecular flexibility index (Phi) is 5.64. The normalized spacial score (nSPS) is 11.4. The second kappa shape index (κ2) is 5.69. The van der Waals surface area contributed by atoms with Crippen molar-refractivity contribution < 1.29 is 0 Å². The summed E-state index contributed by atoms with van der Waals surface area (Å²) >= 11 is 0. The van der Waals surface area contributed by atoms with Crippen molar-refractivity contribution in [3.8, 4) is 0 Å². The number of likely N-dealkylation sites (N-methyl/N-ethyl adjacent to an activating group) is 2. The van der Waals surface area contributed by atoms with E-state index in [0.717, 1.165) is 0 Å². The minimum absolute atomic E-state index is 1.17. The van der Waals surface area contributed by atoms with E-state index < -0.39 is 0 Å². The molecule has 0 N–H and O–H groups in total. The molecule has 0 heterocycles. The van der Waals surface area contributed by atoms with Crippen LogP contribution in [-0.2, 0) is 0 Å². The molecule has 0 aliphatic heterocycles. The van der Waals surface area contributed by atoms with Crippen molar-refractivity contribution in [2.45, 2.75) is 13.8 Å². The minimum atomic E-state index is 1.17. The fourth-order valence-electron chi connectivity index (χ4n) is 0.881. The summed E-state index contributed by atoms with van der Waals surface area (Å²) in [6.07, 6.45) is 0. The average Bonchev–Trinajstić information content (AvgIpc) is 1.90. The maximum Gasteiger partial charge on any atom is 0.0109 e. The van der Waals surface area contributed by atoms with Crippen molar-refractivity contribution in [3.63, 3.8) is 0 Å². The van der Waals surface area contributed by atoms with E-state index in [9.17, 15) is 0 Å². The first-order valence-electron chi connectivity index (χ1n) is 4.07. The number of rotatable bonds is 5. The van der Waals surface area contributed by atoms with Gasteiger partial charge in [-0.1, -0.05) is 13.8 Å². The standard InChI is InChI=1S/C8H20N2/c1-5-10(6-2)8-7-9(3)4/h5-8H2,1-4H3. The van der Waals surface area contributed by atoms with Gasteiger partial charge in [0, 0.05) is 13.1 Å². The predicted molar refractivity (Wildman–Crippen MR) is 46.3 cm³/mol. The molecule has 0 bridgehead atoms. The van der Waals surface area contributed by atoms with Crippen molar-refractivity contribution in [2.75, 3.05) is 40.3 Å². The summed E-state index contributed by atoms with van der Waals surface area (Å²) in [7, 11) is 4.23. The Bertz CT molecular complexity index is 67.7. The quantitative estimate of drug-likeness (QED) is 0.565. The number of nitrogens with zero attached hydrogens (tertiary/aromatic N) is 2. The molecule has 0 amide bonds. The second-order valence-electron chi connectivity index (χ2n) is 2.83. The third-order valence-corrected chi connectivity index (χ3v) is 1.76. The van der Waals surface area contributed by atoms with Crippen LogP contribution in [0, 0.1) is 0 Å². The highest BCUT2D eigenvalue weighted by atomic mass is 15.2. The monoisotopic (exact) mass is 144 g/mol. The van der Waals surface area contributed by atoms with Gasteiger partial charge in [0.1, 0.15) is 0 Å². The molecule has 0 aromatic heterocycles. The van der Waals surface area contributed by atoms with E-state index in [1.54, 1.807) is 0 Å².